The first-order chi connectivity index (χ1) is 7.18. The second-order valence-corrected chi connectivity index (χ2v) is 5.32. The molecule has 1 aromatic heterocycles. The molecule has 1 aromatic rings. The van der Waals surface area contributed by atoms with E-state index in [1.54, 1.807) is 11.3 Å². The number of hydrogen-bond acceptors (Lipinski definition) is 3. The lowest BCUT2D eigenvalue weighted by atomic mass is 10.0. The average molecular weight is 224 g/mol. The molecule has 2 N–H and O–H groups in total. The number of thiophene rings is 1. The fraction of sp³-hybridized carbons (Fsp3) is 0.545. The van der Waals surface area contributed by atoms with Crippen LogP contribution in [0.15, 0.2) is 17.5 Å². The zero-order valence-electron chi connectivity index (χ0n) is 8.88. The van der Waals surface area contributed by atoms with Crippen molar-refractivity contribution in [1.29, 1.82) is 0 Å². The Balaban J connectivity index is 1.87. The van der Waals surface area contributed by atoms with Crippen molar-refractivity contribution in [2.45, 2.75) is 25.3 Å². The molecule has 4 heteroatoms. The third kappa shape index (κ3) is 2.79. The Morgan fingerprint density at radius 2 is 2.60 bits per heavy atom. The van der Waals surface area contributed by atoms with Gasteiger partial charge in [0, 0.05) is 11.4 Å². The molecule has 2 heterocycles. The summed E-state index contributed by atoms with van der Waals surface area (Å²) in [5, 5.41) is 8.37. The molecule has 1 fully saturated rings. The number of carbonyl (C=O) groups is 1. The Morgan fingerprint density at radius 1 is 1.73 bits per heavy atom. The third-order valence-electron chi connectivity index (χ3n) is 2.72. The number of rotatable bonds is 3. The normalized spacial score (nSPS) is 25.4. The van der Waals surface area contributed by atoms with Gasteiger partial charge in [-0.25, -0.2) is 0 Å². The predicted molar refractivity (Wildman–Crippen MR) is 62.1 cm³/mol. The van der Waals surface area contributed by atoms with Crippen LogP contribution in [0.2, 0.25) is 0 Å². The van der Waals surface area contributed by atoms with Crippen LogP contribution in [0.4, 0.5) is 0 Å². The minimum atomic E-state index is -0.0473. The molecule has 2 rings (SSSR count). The van der Waals surface area contributed by atoms with E-state index >= 15 is 0 Å². The van der Waals surface area contributed by atoms with E-state index < -0.39 is 0 Å². The van der Waals surface area contributed by atoms with Crippen molar-refractivity contribution in [3.8, 4) is 0 Å². The lowest BCUT2D eigenvalue weighted by Crippen LogP contribution is -2.48. The molecular formula is C11H16N2OS. The molecule has 0 radical (unpaired) electrons. The predicted octanol–water partition coefficient (Wildman–Crippen LogP) is 1.16. The van der Waals surface area contributed by atoms with E-state index in [9.17, 15) is 4.79 Å². The van der Waals surface area contributed by atoms with E-state index in [4.69, 9.17) is 0 Å². The zero-order chi connectivity index (χ0) is 10.7. The molecule has 1 atom stereocenters. The molecule has 0 spiro atoms. The van der Waals surface area contributed by atoms with Crippen LogP contribution in [0.3, 0.4) is 0 Å². The van der Waals surface area contributed by atoms with E-state index in [0.717, 1.165) is 24.4 Å². The fourth-order valence-corrected chi connectivity index (χ4v) is 2.58. The van der Waals surface area contributed by atoms with Gasteiger partial charge >= 0.3 is 0 Å². The van der Waals surface area contributed by atoms with Gasteiger partial charge in [0.25, 0.3) is 0 Å². The van der Waals surface area contributed by atoms with Crippen molar-refractivity contribution in [2.75, 3.05) is 13.1 Å². The van der Waals surface area contributed by atoms with Gasteiger partial charge in [0.1, 0.15) is 0 Å². The highest BCUT2D eigenvalue weighted by molar-refractivity contribution is 7.10. The number of amides is 1. The summed E-state index contributed by atoms with van der Waals surface area (Å²) in [6, 6.07) is 3.98. The maximum atomic E-state index is 11.7. The highest BCUT2D eigenvalue weighted by atomic mass is 32.1. The first-order valence-electron chi connectivity index (χ1n) is 5.22. The van der Waals surface area contributed by atoms with Gasteiger partial charge in [-0.3, -0.25) is 4.79 Å². The van der Waals surface area contributed by atoms with Gasteiger partial charge < -0.3 is 10.6 Å². The summed E-state index contributed by atoms with van der Waals surface area (Å²) in [6.07, 6.45) is 1.52. The lowest BCUT2D eigenvalue weighted by Gasteiger charge is -2.24. The lowest BCUT2D eigenvalue weighted by molar-refractivity contribution is -0.121. The standard InChI is InChI=1S/C11H16N2OS/c1-11(4-5-12-8-11)13-10(14)7-9-3-2-6-15-9/h2-3,6,12H,4-5,7-8H2,1H3,(H,13,14). The summed E-state index contributed by atoms with van der Waals surface area (Å²) < 4.78 is 0. The summed E-state index contributed by atoms with van der Waals surface area (Å²) in [5.74, 6) is 0.128. The molecule has 82 valence electrons. The van der Waals surface area contributed by atoms with Crippen molar-refractivity contribution in [2.24, 2.45) is 0 Å². The molecule has 1 amide bonds. The van der Waals surface area contributed by atoms with E-state index in [0.29, 0.717) is 6.42 Å². The Labute approximate surface area is 93.9 Å². The maximum Gasteiger partial charge on any atom is 0.225 e. The van der Waals surface area contributed by atoms with E-state index in [-0.39, 0.29) is 11.4 Å². The van der Waals surface area contributed by atoms with Crippen LogP contribution >= 0.6 is 11.3 Å². The Hall–Kier alpha value is -0.870. The molecular weight excluding hydrogens is 208 g/mol. The summed E-state index contributed by atoms with van der Waals surface area (Å²) in [6.45, 7) is 3.97. The van der Waals surface area contributed by atoms with E-state index in [2.05, 4.69) is 17.6 Å². The number of hydrogen-bond donors (Lipinski definition) is 2. The van der Waals surface area contributed by atoms with Crippen molar-refractivity contribution >= 4 is 17.2 Å². The second-order valence-electron chi connectivity index (χ2n) is 4.29. The molecule has 1 aliphatic heterocycles. The molecule has 0 bridgehead atoms. The summed E-state index contributed by atoms with van der Waals surface area (Å²) in [5.41, 5.74) is -0.0473. The zero-order valence-corrected chi connectivity index (χ0v) is 9.69. The molecule has 1 unspecified atom stereocenters. The van der Waals surface area contributed by atoms with Gasteiger partial charge in [0.2, 0.25) is 5.91 Å². The quantitative estimate of drug-likeness (QED) is 0.809. The Morgan fingerprint density at radius 3 is 3.20 bits per heavy atom. The fourth-order valence-electron chi connectivity index (χ4n) is 1.88. The van der Waals surface area contributed by atoms with E-state index in [1.165, 1.54) is 0 Å². The molecule has 1 saturated heterocycles. The largest absolute Gasteiger partial charge is 0.349 e. The molecule has 0 saturated carbocycles. The van der Waals surface area contributed by atoms with Gasteiger partial charge in [-0.15, -0.1) is 11.3 Å². The summed E-state index contributed by atoms with van der Waals surface area (Å²) in [4.78, 5) is 12.9. The Kier molecular flexibility index (Phi) is 3.07. The van der Waals surface area contributed by atoms with Crippen LogP contribution in [0.25, 0.3) is 0 Å². The average Bonchev–Trinajstić information content (AvgIpc) is 2.76. The summed E-state index contributed by atoms with van der Waals surface area (Å²) in [7, 11) is 0. The van der Waals surface area contributed by atoms with Gasteiger partial charge in [-0.2, -0.15) is 0 Å². The van der Waals surface area contributed by atoms with Crippen molar-refractivity contribution in [1.82, 2.24) is 10.6 Å². The highest BCUT2D eigenvalue weighted by Crippen LogP contribution is 2.14. The van der Waals surface area contributed by atoms with E-state index in [1.807, 2.05) is 17.5 Å². The minimum absolute atomic E-state index is 0.0473. The topological polar surface area (TPSA) is 41.1 Å². The van der Waals surface area contributed by atoms with Crippen LogP contribution in [0.1, 0.15) is 18.2 Å². The SMILES string of the molecule is CC1(NC(=O)Cc2cccs2)CCNC1. The number of carbonyl (C=O) groups excluding carboxylic acids is 1. The van der Waals surface area contributed by atoms with Gasteiger partial charge in [0.15, 0.2) is 0 Å². The number of nitrogens with one attached hydrogen (secondary N) is 2. The molecule has 3 nitrogen and oxygen atoms in total. The maximum absolute atomic E-state index is 11.7. The van der Waals surface area contributed by atoms with Crippen molar-refractivity contribution in [3.05, 3.63) is 22.4 Å². The van der Waals surface area contributed by atoms with Crippen molar-refractivity contribution < 1.29 is 4.79 Å². The first kappa shape index (κ1) is 10.6. The van der Waals surface area contributed by atoms with Gasteiger partial charge in [-0.1, -0.05) is 6.07 Å². The van der Waals surface area contributed by atoms with Crippen LogP contribution in [0.5, 0.6) is 0 Å². The van der Waals surface area contributed by atoms with Crippen LogP contribution in [-0.4, -0.2) is 24.5 Å². The smallest absolute Gasteiger partial charge is 0.225 e. The van der Waals surface area contributed by atoms with Crippen LogP contribution in [-0.2, 0) is 11.2 Å². The minimum Gasteiger partial charge on any atom is -0.349 e. The monoisotopic (exact) mass is 224 g/mol. The second kappa shape index (κ2) is 4.33. The van der Waals surface area contributed by atoms with Crippen LogP contribution < -0.4 is 10.6 Å². The Bertz CT molecular complexity index is 328. The molecule has 15 heavy (non-hydrogen) atoms. The first-order valence-corrected chi connectivity index (χ1v) is 6.10. The van der Waals surface area contributed by atoms with Crippen molar-refractivity contribution in [3.63, 3.8) is 0 Å². The third-order valence-corrected chi connectivity index (χ3v) is 3.60. The summed E-state index contributed by atoms with van der Waals surface area (Å²) >= 11 is 1.63. The van der Waals surface area contributed by atoms with Gasteiger partial charge in [-0.05, 0) is 31.3 Å². The van der Waals surface area contributed by atoms with Crippen LogP contribution in [0, 0.1) is 0 Å². The molecule has 1 aliphatic rings. The highest BCUT2D eigenvalue weighted by Gasteiger charge is 2.29. The molecule has 0 aliphatic carbocycles. The molecule has 0 aromatic carbocycles. The van der Waals surface area contributed by atoms with Gasteiger partial charge in [0.05, 0.1) is 12.0 Å².